The minimum Gasteiger partial charge on any atom is -0.456 e. The Bertz CT molecular complexity index is 2490. The molecule has 7 rings (SSSR count). The molecular weight excluding hydrogens is 633 g/mol. The maximum absolute atomic E-state index is 6.48. The highest BCUT2D eigenvalue weighted by molar-refractivity contribution is 6.12. The highest BCUT2D eigenvalue weighted by Crippen LogP contribution is 2.29. The molecule has 0 spiro atoms. The summed E-state index contributed by atoms with van der Waals surface area (Å²) in [6, 6.07) is 42.5. The Morgan fingerprint density at radius 3 is 2.31 bits per heavy atom. The van der Waals surface area contributed by atoms with E-state index in [-0.39, 0.29) is 0 Å². The van der Waals surface area contributed by atoms with E-state index in [0.717, 1.165) is 57.1 Å². The Hall–Kier alpha value is -6.32. The summed E-state index contributed by atoms with van der Waals surface area (Å²) in [5.74, 6) is 1.56. The quantitative estimate of drug-likeness (QED) is 0.0809. The van der Waals surface area contributed by atoms with Crippen LogP contribution in [0.5, 0.6) is 0 Å². The van der Waals surface area contributed by atoms with Gasteiger partial charge in [-0.3, -0.25) is 4.99 Å². The second-order valence-electron chi connectivity index (χ2n) is 12.8. The van der Waals surface area contributed by atoms with E-state index in [2.05, 4.69) is 121 Å². The fraction of sp³-hybridized carbons (Fsp3) is 0.102. The summed E-state index contributed by atoms with van der Waals surface area (Å²) in [6.07, 6.45) is 22.8. The zero-order chi connectivity index (χ0) is 35.5. The van der Waals surface area contributed by atoms with Gasteiger partial charge in [0.05, 0.1) is 6.54 Å². The standard InChI is InChI=1S/C49H42N2O/c1-3-5-8-17-36-26-27-41-33-42(29-28-40(41)32-36)44-24-14-13-20-38(44)30-31-45-46(16-4-2)52-47-25-15-23-43(48(45)47)35-51-49(39-21-11-7-12-22-39)50-34-37-18-9-6-10-19-37/h3-14,16-22,24-33,35H,15,23,34H2,1-2H3/b5-3-,16-4-,17-8-,31-30+,50-49?,51-35?. The summed E-state index contributed by atoms with van der Waals surface area (Å²) >= 11 is 0. The molecule has 0 fully saturated rings. The first kappa shape index (κ1) is 34.1. The van der Waals surface area contributed by atoms with Gasteiger partial charge in [0.15, 0.2) is 5.84 Å². The molecule has 0 unspecified atom stereocenters. The SMILES string of the molecule is C/C=C\C=C/c1ccc2cc(-c3ccccc3/C=C/c3c(/C=C\C)oc4c3=C(C=NC(=NCc3ccccc3)c3ccccc3)CCC=4)ccc2c1. The normalized spacial score (nSPS) is 13.7. The summed E-state index contributed by atoms with van der Waals surface area (Å²) in [7, 11) is 0. The van der Waals surface area contributed by atoms with Crippen molar-refractivity contribution in [3.8, 4) is 11.1 Å². The van der Waals surface area contributed by atoms with E-state index >= 15 is 0 Å². The van der Waals surface area contributed by atoms with Crippen molar-refractivity contribution in [3.05, 3.63) is 190 Å². The molecule has 3 nitrogen and oxygen atoms in total. The average molecular weight is 675 g/mol. The van der Waals surface area contributed by atoms with Crippen molar-refractivity contribution < 1.29 is 4.42 Å². The van der Waals surface area contributed by atoms with Gasteiger partial charge in [-0.2, -0.15) is 0 Å². The molecule has 0 radical (unpaired) electrons. The Morgan fingerprint density at radius 2 is 1.48 bits per heavy atom. The summed E-state index contributed by atoms with van der Waals surface area (Å²) < 4.78 is 6.48. The van der Waals surface area contributed by atoms with E-state index in [1.54, 1.807) is 0 Å². The molecule has 0 aliphatic heterocycles. The van der Waals surface area contributed by atoms with Gasteiger partial charge in [-0.1, -0.05) is 146 Å². The number of amidine groups is 1. The molecule has 0 amide bonds. The maximum atomic E-state index is 6.48. The summed E-state index contributed by atoms with van der Waals surface area (Å²) in [6.45, 7) is 4.62. The smallest absolute Gasteiger partial charge is 0.154 e. The molecule has 0 atom stereocenters. The van der Waals surface area contributed by atoms with Crippen LogP contribution in [-0.2, 0) is 6.54 Å². The number of hydrogen-bond donors (Lipinski definition) is 0. The molecule has 5 aromatic carbocycles. The molecule has 3 heteroatoms. The van der Waals surface area contributed by atoms with Gasteiger partial charge in [0.1, 0.15) is 11.2 Å². The van der Waals surface area contributed by atoms with E-state index in [1.165, 1.54) is 27.5 Å². The lowest BCUT2D eigenvalue weighted by molar-refractivity contribution is 0.518. The van der Waals surface area contributed by atoms with Crippen molar-refractivity contribution in [2.45, 2.75) is 33.2 Å². The summed E-state index contributed by atoms with van der Waals surface area (Å²) in [5, 5.41) is 3.54. The number of nitrogens with zero attached hydrogens (tertiary/aromatic N) is 2. The van der Waals surface area contributed by atoms with Crippen LogP contribution in [0.4, 0.5) is 0 Å². The molecule has 1 aromatic heterocycles. The first-order chi connectivity index (χ1) is 25.7. The zero-order valence-corrected chi connectivity index (χ0v) is 29.7. The zero-order valence-electron chi connectivity index (χ0n) is 29.7. The van der Waals surface area contributed by atoms with Crippen LogP contribution >= 0.6 is 0 Å². The monoisotopic (exact) mass is 674 g/mol. The molecule has 0 bridgehead atoms. The topological polar surface area (TPSA) is 37.9 Å². The number of allylic oxidation sites excluding steroid dienone is 4. The van der Waals surface area contributed by atoms with Gasteiger partial charge in [-0.15, -0.1) is 0 Å². The summed E-state index contributed by atoms with van der Waals surface area (Å²) in [4.78, 5) is 9.99. The van der Waals surface area contributed by atoms with Gasteiger partial charge in [0.2, 0.25) is 0 Å². The first-order valence-corrected chi connectivity index (χ1v) is 18.0. The van der Waals surface area contributed by atoms with Crippen LogP contribution in [-0.4, -0.2) is 12.1 Å². The third-order valence-electron chi connectivity index (χ3n) is 9.17. The fourth-order valence-corrected chi connectivity index (χ4v) is 6.58. The van der Waals surface area contributed by atoms with Gasteiger partial charge < -0.3 is 4.42 Å². The van der Waals surface area contributed by atoms with Crippen LogP contribution in [0.25, 0.3) is 57.9 Å². The number of furan rings is 1. The van der Waals surface area contributed by atoms with E-state index in [9.17, 15) is 0 Å². The number of aliphatic imine (C=N–C) groups is 2. The molecule has 1 heterocycles. The minimum atomic E-state index is 0.563. The lowest BCUT2D eigenvalue weighted by atomic mass is 9.95. The van der Waals surface area contributed by atoms with Gasteiger partial charge in [-0.05, 0) is 101 Å². The predicted molar refractivity (Wildman–Crippen MR) is 224 cm³/mol. The van der Waals surface area contributed by atoms with E-state index in [1.807, 2.05) is 74.7 Å². The molecule has 0 N–H and O–H groups in total. The van der Waals surface area contributed by atoms with Crippen LogP contribution in [0.1, 0.15) is 60.3 Å². The lowest BCUT2D eigenvalue weighted by Crippen LogP contribution is -2.28. The first-order valence-electron chi connectivity index (χ1n) is 18.0. The van der Waals surface area contributed by atoms with E-state index in [4.69, 9.17) is 14.4 Å². The van der Waals surface area contributed by atoms with Crippen molar-refractivity contribution in [1.82, 2.24) is 0 Å². The average Bonchev–Trinajstić information content (AvgIpc) is 3.55. The van der Waals surface area contributed by atoms with Gasteiger partial charge in [0, 0.05) is 22.6 Å². The molecule has 1 aliphatic rings. The third-order valence-corrected chi connectivity index (χ3v) is 9.17. The van der Waals surface area contributed by atoms with Crippen LogP contribution < -0.4 is 10.6 Å². The van der Waals surface area contributed by atoms with E-state index in [0.29, 0.717) is 12.4 Å². The number of benzene rings is 5. The van der Waals surface area contributed by atoms with Crippen molar-refractivity contribution in [3.63, 3.8) is 0 Å². The Balaban J connectivity index is 1.26. The Kier molecular flexibility index (Phi) is 10.9. The minimum absolute atomic E-state index is 0.563. The van der Waals surface area contributed by atoms with Crippen LogP contribution in [0.15, 0.2) is 160 Å². The van der Waals surface area contributed by atoms with Gasteiger partial charge in [0.25, 0.3) is 0 Å². The predicted octanol–water partition coefficient (Wildman–Crippen LogP) is 11.3. The van der Waals surface area contributed by atoms with Gasteiger partial charge in [-0.25, -0.2) is 4.99 Å². The van der Waals surface area contributed by atoms with E-state index < -0.39 is 0 Å². The molecule has 1 aliphatic carbocycles. The molecule has 0 saturated carbocycles. The Labute approximate surface area is 306 Å². The highest BCUT2D eigenvalue weighted by atomic mass is 16.3. The summed E-state index contributed by atoms with van der Waals surface area (Å²) in [5.41, 5.74) is 9.93. The van der Waals surface area contributed by atoms with Crippen LogP contribution in [0, 0.1) is 0 Å². The number of hydrogen-bond acceptors (Lipinski definition) is 2. The lowest BCUT2D eigenvalue weighted by Gasteiger charge is -2.09. The van der Waals surface area contributed by atoms with Crippen molar-refractivity contribution in [1.29, 1.82) is 0 Å². The number of fused-ring (bicyclic) bond motifs is 2. The van der Waals surface area contributed by atoms with Gasteiger partial charge >= 0.3 is 0 Å². The second kappa shape index (κ2) is 16.6. The van der Waals surface area contributed by atoms with Crippen molar-refractivity contribution >= 4 is 58.8 Å². The largest absolute Gasteiger partial charge is 0.456 e. The molecule has 6 aromatic rings. The van der Waals surface area contributed by atoms with Crippen molar-refractivity contribution in [2.24, 2.45) is 9.98 Å². The molecule has 52 heavy (non-hydrogen) atoms. The molecular formula is C49H42N2O. The third kappa shape index (κ3) is 8.01. The highest BCUT2D eigenvalue weighted by Gasteiger charge is 2.15. The molecule has 0 saturated heterocycles. The van der Waals surface area contributed by atoms with Crippen molar-refractivity contribution in [2.75, 3.05) is 0 Å². The number of rotatable bonds is 10. The van der Waals surface area contributed by atoms with Crippen LogP contribution in [0.3, 0.4) is 0 Å². The second-order valence-corrected chi connectivity index (χ2v) is 12.8. The van der Waals surface area contributed by atoms with Crippen LogP contribution in [0.2, 0.25) is 0 Å². The fourth-order valence-electron chi connectivity index (χ4n) is 6.58. The maximum Gasteiger partial charge on any atom is 0.154 e. The molecule has 254 valence electrons. The Morgan fingerprint density at radius 1 is 0.712 bits per heavy atom.